The third kappa shape index (κ3) is 1.66. The van der Waals surface area contributed by atoms with Gasteiger partial charge in [-0.15, -0.1) is 0 Å². The molecule has 1 aliphatic heterocycles. The molecule has 1 saturated heterocycles. The molecule has 4 heteroatoms. The third-order valence-electron chi connectivity index (χ3n) is 3.91. The summed E-state index contributed by atoms with van der Waals surface area (Å²) in [5.41, 5.74) is 7.01. The summed E-state index contributed by atoms with van der Waals surface area (Å²) in [6.45, 7) is 2.14. The van der Waals surface area contributed by atoms with Crippen molar-refractivity contribution >= 4 is 0 Å². The van der Waals surface area contributed by atoms with Crippen molar-refractivity contribution < 1.29 is 4.42 Å². The van der Waals surface area contributed by atoms with E-state index in [0.29, 0.717) is 5.92 Å². The van der Waals surface area contributed by atoms with Gasteiger partial charge >= 0.3 is 0 Å². The molecule has 88 valence electrons. The van der Waals surface area contributed by atoms with Gasteiger partial charge in [0.15, 0.2) is 0 Å². The number of piperidine rings is 1. The van der Waals surface area contributed by atoms with E-state index in [-0.39, 0.29) is 5.54 Å². The number of oxazole rings is 1. The Bertz CT molecular complexity index is 364. The van der Waals surface area contributed by atoms with Crippen molar-refractivity contribution in [2.75, 3.05) is 13.1 Å². The van der Waals surface area contributed by atoms with Gasteiger partial charge in [-0.1, -0.05) is 0 Å². The standard InChI is InChI=1S/C12H19N3O/c13-12(4-2-5-12)11-15-10(8-16-11)9-3-1-6-14-7-9/h8-9,14H,1-7,13H2. The van der Waals surface area contributed by atoms with Gasteiger partial charge in [-0.25, -0.2) is 4.98 Å². The minimum Gasteiger partial charge on any atom is -0.447 e. The molecule has 3 rings (SSSR count). The van der Waals surface area contributed by atoms with Crippen LogP contribution in [0.15, 0.2) is 10.7 Å². The Morgan fingerprint density at radius 2 is 2.31 bits per heavy atom. The van der Waals surface area contributed by atoms with Crippen molar-refractivity contribution in [3.63, 3.8) is 0 Å². The quantitative estimate of drug-likeness (QED) is 0.794. The van der Waals surface area contributed by atoms with Gasteiger partial charge in [0, 0.05) is 12.5 Å². The van der Waals surface area contributed by atoms with Gasteiger partial charge in [0.05, 0.1) is 11.2 Å². The Balaban J connectivity index is 1.76. The van der Waals surface area contributed by atoms with Gasteiger partial charge < -0.3 is 15.5 Å². The fraction of sp³-hybridized carbons (Fsp3) is 0.750. The number of nitrogens with one attached hydrogen (secondary N) is 1. The third-order valence-corrected chi connectivity index (χ3v) is 3.91. The first-order valence-corrected chi connectivity index (χ1v) is 6.23. The Morgan fingerprint density at radius 1 is 1.44 bits per heavy atom. The number of aromatic nitrogens is 1. The fourth-order valence-corrected chi connectivity index (χ4v) is 2.58. The van der Waals surface area contributed by atoms with Crippen LogP contribution < -0.4 is 11.1 Å². The molecule has 4 nitrogen and oxygen atoms in total. The van der Waals surface area contributed by atoms with Crippen molar-refractivity contribution in [1.82, 2.24) is 10.3 Å². The minimum atomic E-state index is -0.264. The molecule has 0 aromatic carbocycles. The van der Waals surface area contributed by atoms with E-state index in [1.165, 1.54) is 19.3 Å². The lowest BCUT2D eigenvalue weighted by atomic mass is 9.78. The molecular weight excluding hydrogens is 202 g/mol. The normalized spacial score (nSPS) is 28.7. The number of nitrogens with two attached hydrogens (primary N) is 1. The number of rotatable bonds is 2. The predicted octanol–water partition coefficient (Wildman–Crippen LogP) is 1.48. The molecule has 1 unspecified atom stereocenters. The molecule has 1 aromatic rings. The van der Waals surface area contributed by atoms with Crippen LogP contribution in [-0.2, 0) is 5.54 Å². The molecule has 1 aliphatic carbocycles. The molecule has 1 atom stereocenters. The van der Waals surface area contributed by atoms with Gasteiger partial charge in [-0.05, 0) is 38.6 Å². The van der Waals surface area contributed by atoms with Gasteiger partial charge in [0.2, 0.25) is 5.89 Å². The van der Waals surface area contributed by atoms with Crippen molar-refractivity contribution in [2.24, 2.45) is 5.73 Å². The molecule has 2 fully saturated rings. The van der Waals surface area contributed by atoms with E-state index in [1.54, 1.807) is 6.26 Å². The van der Waals surface area contributed by atoms with E-state index < -0.39 is 0 Å². The number of hydrogen-bond donors (Lipinski definition) is 2. The predicted molar refractivity (Wildman–Crippen MR) is 61.1 cm³/mol. The first-order chi connectivity index (χ1) is 7.78. The average molecular weight is 221 g/mol. The first kappa shape index (κ1) is 10.3. The van der Waals surface area contributed by atoms with Crippen LogP contribution in [0.25, 0.3) is 0 Å². The number of hydrogen-bond acceptors (Lipinski definition) is 4. The lowest BCUT2D eigenvalue weighted by Gasteiger charge is -2.34. The van der Waals surface area contributed by atoms with E-state index in [9.17, 15) is 0 Å². The van der Waals surface area contributed by atoms with Gasteiger partial charge in [0.1, 0.15) is 6.26 Å². The topological polar surface area (TPSA) is 64.1 Å². The average Bonchev–Trinajstić information content (AvgIpc) is 2.77. The first-order valence-electron chi connectivity index (χ1n) is 6.23. The highest BCUT2D eigenvalue weighted by Gasteiger charge is 2.39. The Hall–Kier alpha value is -0.870. The van der Waals surface area contributed by atoms with Crippen LogP contribution >= 0.6 is 0 Å². The molecule has 0 radical (unpaired) electrons. The summed E-state index contributed by atoms with van der Waals surface area (Å²) >= 11 is 0. The monoisotopic (exact) mass is 221 g/mol. The van der Waals surface area contributed by atoms with Crippen LogP contribution in [0.1, 0.15) is 49.6 Å². The second-order valence-electron chi connectivity index (χ2n) is 5.13. The SMILES string of the molecule is NC1(c2nc(C3CCCNC3)co2)CCC1. The summed E-state index contributed by atoms with van der Waals surface area (Å²) in [5, 5.41) is 3.40. The van der Waals surface area contributed by atoms with E-state index in [2.05, 4.69) is 10.3 Å². The van der Waals surface area contributed by atoms with Crippen molar-refractivity contribution in [3.8, 4) is 0 Å². The smallest absolute Gasteiger partial charge is 0.214 e. The van der Waals surface area contributed by atoms with Crippen LogP contribution in [0, 0.1) is 0 Å². The van der Waals surface area contributed by atoms with Crippen LogP contribution in [0.3, 0.4) is 0 Å². The zero-order valence-electron chi connectivity index (χ0n) is 9.54. The van der Waals surface area contributed by atoms with Gasteiger partial charge in [-0.2, -0.15) is 0 Å². The maximum atomic E-state index is 6.20. The zero-order chi connectivity index (χ0) is 11.0. The van der Waals surface area contributed by atoms with E-state index in [4.69, 9.17) is 10.2 Å². The maximum absolute atomic E-state index is 6.20. The largest absolute Gasteiger partial charge is 0.447 e. The Labute approximate surface area is 95.6 Å². The maximum Gasteiger partial charge on any atom is 0.214 e. The molecule has 1 aromatic heterocycles. The summed E-state index contributed by atoms with van der Waals surface area (Å²) in [6.07, 6.45) is 7.45. The second kappa shape index (κ2) is 3.86. The molecule has 2 heterocycles. The molecular formula is C12H19N3O. The summed E-state index contributed by atoms with van der Waals surface area (Å²) in [4.78, 5) is 4.60. The summed E-state index contributed by atoms with van der Waals surface area (Å²) in [7, 11) is 0. The lowest BCUT2D eigenvalue weighted by Crippen LogP contribution is -2.43. The number of nitrogens with zero attached hydrogens (tertiary/aromatic N) is 1. The van der Waals surface area contributed by atoms with Crippen LogP contribution in [0.2, 0.25) is 0 Å². The highest BCUT2D eigenvalue weighted by Crippen LogP contribution is 2.38. The van der Waals surface area contributed by atoms with Crippen molar-refractivity contribution in [2.45, 2.75) is 43.6 Å². The lowest BCUT2D eigenvalue weighted by molar-refractivity contribution is 0.198. The zero-order valence-corrected chi connectivity index (χ0v) is 9.54. The molecule has 0 spiro atoms. The van der Waals surface area contributed by atoms with Crippen LogP contribution in [-0.4, -0.2) is 18.1 Å². The van der Waals surface area contributed by atoms with Gasteiger partial charge in [-0.3, -0.25) is 0 Å². The van der Waals surface area contributed by atoms with E-state index in [1.807, 2.05) is 0 Å². The second-order valence-corrected chi connectivity index (χ2v) is 5.13. The Kier molecular flexibility index (Phi) is 2.48. The highest BCUT2D eigenvalue weighted by molar-refractivity contribution is 5.13. The fourth-order valence-electron chi connectivity index (χ4n) is 2.58. The van der Waals surface area contributed by atoms with Crippen LogP contribution in [0.4, 0.5) is 0 Å². The molecule has 2 aliphatic rings. The molecule has 16 heavy (non-hydrogen) atoms. The van der Waals surface area contributed by atoms with Crippen molar-refractivity contribution in [3.05, 3.63) is 17.8 Å². The van der Waals surface area contributed by atoms with Crippen molar-refractivity contribution in [1.29, 1.82) is 0 Å². The Morgan fingerprint density at radius 3 is 2.94 bits per heavy atom. The summed E-state index contributed by atoms with van der Waals surface area (Å²) in [6, 6.07) is 0. The molecule has 3 N–H and O–H groups in total. The highest BCUT2D eigenvalue weighted by atomic mass is 16.3. The van der Waals surface area contributed by atoms with Gasteiger partial charge in [0.25, 0.3) is 0 Å². The summed E-state index contributed by atoms with van der Waals surface area (Å²) in [5.74, 6) is 1.26. The van der Waals surface area contributed by atoms with E-state index >= 15 is 0 Å². The molecule has 0 amide bonds. The molecule has 1 saturated carbocycles. The minimum absolute atomic E-state index is 0.264. The van der Waals surface area contributed by atoms with Crippen LogP contribution in [0.5, 0.6) is 0 Å². The molecule has 0 bridgehead atoms. The summed E-state index contributed by atoms with van der Waals surface area (Å²) < 4.78 is 5.56. The van der Waals surface area contributed by atoms with E-state index in [0.717, 1.165) is 37.5 Å².